The molecule has 5 aromatic rings. The number of nitrogens with one attached hydrogen (secondary N) is 1. The Morgan fingerprint density at radius 1 is 1.13 bits per heavy atom. The average Bonchev–Trinajstić information content (AvgIpc) is 3.04. The number of H-pyrrole nitrogens is 1. The fraction of sp³-hybridized carbons (Fsp3) is 0.0870. The molecule has 8 heteroatoms. The zero-order chi connectivity index (χ0) is 21.5. The predicted octanol–water partition coefficient (Wildman–Crippen LogP) is 6.52. The van der Waals surface area contributed by atoms with E-state index in [9.17, 15) is 9.90 Å². The number of aromatic amines is 1. The standard InChI is InChI=1S/C23H17ClN4O3/c1-2-31-23(30)19-20(27-26-15-9-5-8-14(24)12-15)22(29)28-17-11-4-7-13-6-3-10-16(18(13)17)25-21(19)28/h3-12,25,29H,2H2,1H3. The Hall–Kier alpha value is -3.84. The Morgan fingerprint density at radius 2 is 1.90 bits per heavy atom. The normalized spacial score (nSPS) is 11.8. The van der Waals surface area contributed by atoms with Crippen LogP contribution in [-0.4, -0.2) is 27.1 Å². The first-order valence-corrected chi connectivity index (χ1v) is 10.1. The number of halogens is 1. The average molecular weight is 433 g/mol. The number of rotatable bonds is 4. The van der Waals surface area contributed by atoms with E-state index in [-0.39, 0.29) is 23.7 Å². The molecule has 0 spiro atoms. The van der Waals surface area contributed by atoms with E-state index in [1.807, 2.05) is 36.4 Å². The highest BCUT2D eigenvalue weighted by atomic mass is 35.5. The van der Waals surface area contributed by atoms with Crippen LogP contribution in [0.5, 0.6) is 5.88 Å². The lowest BCUT2D eigenvalue weighted by atomic mass is 10.1. The van der Waals surface area contributed by atoms with E-state index in [0.717, 1.165) is 21.8 Å². The smallest absolute Gasteiger partial charge is 0.344 e. The van der Waals surface area contributed by atoms with Crippen LogP contribution in [0.3, 0.4) is 0 Å². The molecule has 7 nitrogen and oxygen atoms in total. The van der Waals surface area contributed by atoms with E-state index in [2.05, 4.69) is 15.2 Å². The summed E-state index contributed by atoms with van der Waals surface area (Å²) in [5.74, 6) is -0.816. The van der Waals surface area contributed by atoms with Crippen LogP contribution in [-0.2, 0) is 4.74 Å². The van der Waals surface area contributed by atoms with Gasteiger partial charge in [0.25, 0.3) is 0 Å². The molecule has 31 heavy (non-hydrogen) atoms. The summed E-state index contributed by atoms with van der Waals surface area (Å²) in [4.78, 5) is 16.1. The Kier molecular flexibility index (Phi) is 4.60. The van der Waals surface area contributed by atoms with Crippen LogP contribution in [0.4, 0.5) is 11.4 Å². The molecule has 5 rings (SSSR count). The van der Waals surface area contributed by atoms with Crippen molar-refractivity contribution in [3.8, 4) is 5.88 Å². The van der Waals surface area contributed by atoms with Crippen molar-refractivity contribution in [2.45, 2.75) is 6.92 Å². The Labute approximate surface area is 181 Å². The molecular formula is C23H17ClN4O3. The maximum Gasteiger partial charge on any atom is 0.344 e. The van der Waals surface area contributed by atoms with Gasteiger partial charge in [-0.05, 0) is 42.6 Å². The van der Waals surface area contributed by atoms with Gasteiger partial charge in [0, 0.05) is 15.9 Å². The summed E-state index contributed by atoms with van der Waals surface area (Å²) in [5.41, 5.74) is 2.55. The summed E-state index contributed by atoms with van der Waals surface area (Å²) in [6.07, 6.45) is 0. The summed E-state index contributed by atoms with van der Waals surface area (Å²) in [5, 5.41) is 21.9. The van der Waals surface area contributed by atoms with Gasteiger partial charge in [-0.15, -0.1) is 5.11 Å². The molecule has 0 radical (unpaired) electrons. The lowest BCUT2D eigenvalue weighted by molar-refractivity contribution is 0.0529. The van der Waals surface area contributed by atoms with Gasteiger partial charge < -0.3 is 14.8 Å². The molecule has 2 heterocycles. The van der Waals surface area contributed by atoms with Crippen molar-refractivity contribution < 1.29 is 14.6 Å². The number of hydrogen-bond acceptors (Lipinski definition) is 5. The number of azo groups is 1. The van der Waals surface area contributed by atoms with Crippen LogP contribution in [0.1, 0.15) is 17.3 Å². The van der Waals surface area contributed by atoms with Gasteiger partial charge in [-0.2, -0.15) is 5.11 Å². The highest BCUT2D eigenvalue weighted by Crippen LogP contribution is 2.41. The molecule has 0 aliphatic carbocycles. The lowest BCUT2D eigenvalue weighted by Crippen LogP contribution is -2.05. The van der Waals surface area contributed by atoms with Crippen molar-refractivity contribution in [3.63, 3.8) is 0 Å². The van der Waals surface area contributed by atoms with E-state index in [1.165, 1.54) is 0 Å². The first kappa shape index (κ1) is 19.1. The molecule has 0 saturated carbocycles. The molecule has 0 aliphatic rings. The van der Waals surface area contributed by atoms with Crippen molar-refractivity contribution >= 4 is 56.4 Å². The van der Waals surface area contributed by atoms with Gasteiger partial charge in [0.1, 0.15) is 11.2 Å². The highest BCUT2D eigenvalue weighted by molar-refractivity contribution is 6.30. The maximum atomic E-state index is 12.9. The Bertz CT molecular complexity index is 1490. The second kappa shape index (κ2) is 7.45. The number of ether oxygens (including phenoxy) is 1. The van der Waals surface area contributed by atoms with E-state index in [0.29, 0.717) is 16.4 Å². The molecule has 0 unspecified atom stereocenters. The van der Waals surface area contributed by atoms with Crippen LogP contribution in [0.25, 0.3) is 27.5 Å². The Morgan fingerprint density at radius 3 is 2.68 bits per heavy atom. The summed E-state index contributed by atoms with van der Waals surface area (Å²) in [6, 6.07) is 18.4. The number of fused-ring (bicyclic) bond motifs is 2. The maximum absolute atomic E-state index is 12.9. The first-order chi connectivity index (χ1) is 15.1. The number of aromatic hydroxyl groups is 1. The van der Waals surface area contributed by atoms with E-state index in [1.54, 1.807) is 35.6 Å². The quantitative estimate of drug-likeness (QED) is 0.250. The number of carbonyl (C=O) groups excluding carboxylic acids is 1. The number of hydrogen-bond donors (Lipinski definition) is 2. The van der Waals surface area contributed by atoms with E-state index in [4.69, 9.17) is 16.3 Å². The minimum absolute atomic E-state index is 0.0192. The van der Waals surface area contributed by atoms with Crippen molar-refractivity contribution in [2.75, 3.05) is 6.61 Å². The first-order valence-electron chi connectivity index (χ1n) is 9.69. The molecule has 0 fully saturated rings. The van der Waals surface area contributed by atoms with Crippen LogP contribution >= 0.6 is 11.6 Å². The molecule has 0 amide bonds. The van der Waals surface area contributed by atoms with Crippen LogP contribution < -0.4 is 0 Å². The third-order valence-electron chi connectivity index (χ3n) is 5.05. The minimum atomic E-state index is -0.606. The second-order valence-electron chi connectivity index (χ2n) is 6.94. The van der Waals surface area contributed by atoms with Gasteiger partial charge in [-0.25, -0.2) is 4.79 Å². The van der Waals surface area contributed by atoms with Crippen LogP contribution in [0.15, 0.2) is 70.9 Å². The molecule has 2 aromatic heterocycles. The van der Waals surface area contributed by atoms with Gasteiger partial charge in [-0.1, -0.05) is 41.9 Å². The molecule has 2 N–H and O–H groups in total. The number of esters is 1. The monoisotopic (exact) mass is 432 g/mol. The van der Waals surface area contributed by atoms with Crippen molar-refractivity contribution in [1.29, 1.82) is 0 Å². The minimum Gasteiger partial charge on any atom is -0.493 e. The van der Waals surface area contributed by atoms with Gasteiger partial charge in [0.05, 0.1) is 17.8 Å². The molecule has 3 aromatic carbocycles. The SMILES string of the molecule is CCOC(=O)c1c(N=Nc2cccc(Cl)c2)c(O)n2c1[nH]c1cccc3cccc2c31. The largest absolute Gasteiger partial charge is 0.493 e. The summed E-state index contributed by atoms with van der Waals surface area (Å²) in [6.45, 7) is 1.90. The van der Waals surface area contributed by atoms with Gasteiger partial charge in [0.15, 0.2) is 5.69 Å². The molecule has 0 aliphatic heterocycles. The van der Waals surface area contributed by atoms with Crippen molar-refractivity contribution in [1.82, 2.24) is 9.38 Å². The number of benzene rings is 3. The van der Waals surface area contributed by atoms with Gasteiger partial charge in [-0.3, -0.25) is 4.40 Å². The van der Waals surface area contributed by atoms with E-state index < -0.39 is 5.97 Å². The van der Waals surface area contributed by atoms with Gasteiger partial charge in [0.2, 0.25) is 5.88 Å². The fourth-order valence-electron chi connectivity index (χ4n) is 3.78. The third kappa shape index (κ3) is 3.10. The topological polar surface area (TPSA) is 91.4 Å². The summed E-state index contributed by atoms with van der Waals surface area (Å²) < 4.78 is 6.82. The fourth-order valence-corrected chi connectivity index (χ4v) is 3.96. The highest BCUT2D eigenvalue weighted by Gasteiger charge is 2.27. The Balaban J connectivity index is 1.84. The molecule has 0 saturated heterocycles. The van der Waals surface area contributed by atoms with Gasteiger partial charge >= 0.3 is 5.97 Å². The second-order valence-corrected chi connectivity index (χ2v) is 7.37. The number of nitrogens with zero attached hydrogens (tertiary/aromatic N) is 3. The third-order valence-corrected chi connectivity index (χ3v) is 5.29. The summed E-state index contributed by atoms with van der Waals surface area (Å²) in [7, 11) is 0. The zero-order valence-corrected chi connectivity index (χ0v) is 17.2. The lowest BCUT2D eigenvalue weighted by Gasteiger charge is -2.10. The number of aromatic nitrogens is 2. The van der Waals surface area contributed by atoms with Crippen LogP contribution in [0, 0.1) is 0 Å². The zero-order valence-electron chi connectivity index (χ0n) is 16.5. The summed E-state index contributed by atoms with van der Waals surface area (Å²) >= 11 is 6.02. The molecular weight excluding hydrogens is 416 g/mol. The number of carbonyl (C=O) groups is 1. The molecule has 0 atom stereocenters. The van der Waals surface area contributed by atoms with E-state index >= 15 is 0 Å². The molecule has 0 bridgehead atoms. The van der Waals surface area contributed by atoms with Crippen molar-refractivity contribution in [2.24, 2.45) is 10.2 Å². The predicted molar refractivity (Wildman–Crippen MR) is 120 cm³/mol. The van der Waals surface area contributed by atoms with Crippen molar-refractivity contribution in [3.05, 3.63) is 71.2 Å². The van der Waals surface area contributed by atoms with Crippen LogP contribution in [0.2, 0.25) is 5.02 Å². The molecule has 154 valence electrons.